The first-order chi connectivity index (χ1) is 12.5. The third-order valence-electron chi connectivity index (χ3n) is 5.26. The minimum atomic E-state index is -1.12. The number of carbonyl (C=O) groups excluding carboxylic acids is 1. The summed E-state index contributed by atoms with van der Waals surface area (Å²) in [5.41, 5.74) is 2.94. The zero-order valence-corrected chi connectivity index (χ0v) is 16.5. The van der Waals surface area contributed by atoms with Crippen molar-refractivity contribution in [3.05, 3.63) is 71.3 Å². The molecule has 0 amide bonds. The van der Waals surface area contributed by atoms with Crippen molar-refractivity contribution in [2.75, 3.05) is 0 Å². The normalized spacial score (nSPS) is 27.6. The second-order valence-electron chi connectivity index (χ2n) is 7.29. The quantitative estimate of drug-likeness (QED) is 0.684. The van der Waals surface area contributed by atoms with Crippen LogP contribution in [0, 0.1) is 5.92 Å². The smallest absolute Gasteiger partial charge is 0.163 e. The molecule has 3 atom stereocenters. The predicted octanol–water partition coefficient (Wildman–Crippen LogP) is 5.85. The fourth-order valence-corrected chi connectivity index (χ4v) is 5.41. The number of fused-ring (bicyclic) bond motifs is 1. The summed E-state index contributed by atoms with van der Waals surface area (Å²) in [6.07, 6.45) is 14.2. The van der Waals surface area contributed by atoms with Crippen molar-refractivity contribution in [3.8, 4) is 0 Å². The number of Topliss-reactive ketones (excluding diaryl/α,β-unsaturated/α-hetero) is 1. The van der Waals surface area contributed by atoms with E-state index in [0.29, 0.717) is 0 Å². The van der Waals surface area contributed by atoms with E-state index in [4.69, 9.17) is 0 Å². The molecule has 0 bridgehead atoms. The van der Waals surface area contributed by atoms with Crippen LogP contribution in [-0.4, -0.2) is 10.9 Å². The van der Waals surface area contributed by atoms with Gasteiger partial charge in [-0.3, -0.25) is 4.79 Å². The highest BCUT2D eigenvalue weighted by molar-refractivity contribution is 8.00. The van der Waals surface area contributed by atoms with Gasteiger partial charge in [-0.25, -0.2) is 0 Å². The Morgan fingerprint density at radius 2 is 2.08 bits per heavy atom. The zero-order valence-electron chi connectivity index (χ0n) is 15.7. The summed E-state index contributed by atoms with van der Waals surface area (Å²) in [7, 11) is 0. The number of unbranched alkanes of at least 4 members (excludes halogenated alkanes) is 1. The largest absolute Gasteiger partial charge is 0.375 e. The van der Waals surface area contributed by atoms with Gasteiger partial charge in [0.1, 0.15) is 4.93 Å². The second kappa shape index (κ2) is 8.41. The Labute approximate surface area is 161 Å². The fraction of sp³-hybridized carbons (Fsp3) is 0.435. The summed E-state index contributed by atoms with van der Waals surface area (Å²) in [4.78, 5) is 11.9. The molecular formula is C23H28O2S. The maximum Gasteiger partial charge on any atom is 0.163 e. The number of hydrogen-bond acceptors (Lipinski definition) is 3. The van der Waals surface area contributed by atoms with Crippen molar-refractivity contribution in [3.63, 3.8) is 0 Å². The molecule has 3 unspecified atom stereocenters. The van der Waals surface area contributed by atoms with Gasteiger partial charge in [-0.2, -0.15) is 0 Å². The second-order valence-corrected chi connectivity index (χ2v) is 8.77. The number of ketones is 1. The predicted molar refractivity (Wildman–Crippen MR) is 110 cm³/mol. The van der Waals surface area contributed by atoms with E-state index in [9.17, 15) is 9.90 Å². The molecule has 2 nitrogen and oxygen atoms in total. The first-order valence-electron chi connectivity index (χ1n) is 9.61. The van der Waals surface area contributed by atoms with Gasteiger partial charge in [-0.1, -0.05) is 81.3 Å². The molecule has 138 valence electrons. The molecule has 0 radical (unpaired) electrons. The number of thioether (sulfide) groups is 1. The number of benzene rings is 1. The molecule has 1 aliphatic heterocycles. The molecular weight excluding hydrogens is 340 g/mol. The zero-order chi connectivity index (χ0) is 18.6. The first-order valence-corrected chi connectivity index (χ1v) is 10.5. The Kier molecular flexibility index (Phi) is 6.20. The monoisotopic (exact) mass is 368 g/mol. The molecule has 0 saturated carbocycles. The van der Waals surface area contributed by atoms with Gasteiger partial charge < -0.3 is 5.11 Å². The lowest BCUT2D eigenvalue weighted by Gasteiger charge is -2.25. The lowest BCUT2D eigenvalue weighted by atomic mass is 9.88. The molecule has 1 aromatic carbocycles. The molecule has 1 heterocycles. The lowest BCUT2D eigenvalue weighted by molar-refractivity contribution is -0.118. The molecule has 0 spiro atoms. The summed E-state index contributed by atoms with van der Waals surface area (Å²) in [5.74, 6) is 0.225. The van der Waals surface area contributed by atoms with Gasteiger partial charge in [-0.15, -0.1) is 11.8 Å². The summed E-state index contributed by atoms with van der Waals surface area (Å²) in [5, 5.41) is 11.7. The topological polar surface area (TPSA) is 37.3 Å². The Hall–Kier alpha value is -1.58. The van der Waals surface area contributed by atoms with Crippen LogP contribution in [0.3, 0.4) is 0 Å². The summed E-state index contributed by atoms with van der Waals surface area (Å²) >= 11 is 1.56. The standard InChI is InChI=1S/C23H28O2S/c1-3-4-15-22-19-13-9-10-14-20(19)23(25,26-22)16-21(24)18-12-8-6-5-7-11-17(18)2/h5-10,12-14,17,22,25H,3-4,11,15-16H2,1-2H3. The van der Waals surface area contributed by atoms with Gasteiger partial charge in [-0.05, 0) is 35.5 Å². The van der Waals surface area contributed by atoms with Gasteiger partial charge >= 0.3 is 0 Å². The number of allylic oxidation sites excluding steroid dienone is 6. The minimum absolute atomic E-state index is 0.0541. The van der Waals surface area contributed by atoms with Crippen molar-refractivity contribution in [2.24, 2.45) is 5.92 Å². The lowest BCUT2D eigenvalue weighted by Crippen LogP contribution is -2.25. The molecule has 1 N–H and O–H groups in total. The molecule has 1 aromatic rings. The van der Waals surface area contributed by atoms with Gasteiger partial charge in [0.15, 0.2) is 5.78 Å². The molecule has 2 aliphatic rings. The van der Waals surface area contributed by atoms with Crippen LogP contribution in [0.5, 0.6) is 0 Å². The Morgan fingerprint density at radius 3 is 2.88 bits per heavy atom. The van der Waals surface area contributed by atoms with Crippen LogP contribution in [0.4, 0.5) is 0 Å². The first kappa shape index (κ1) is 19.2. The van der Waals surface area contributed by atoms with E-state index in [0.717, 1.165) is 36.8 Å². The highest BCUT2D eigenvalue weighted by atomic mass is 32.2. The maximum absolute atomic E-state index is 13.1. The third-order valence-corrected chi connectivity index (χ3v) is 6.79. The van der Waals surface area contributed by atoms with Crippen molar-refractivity contribution < 1.29 is 9.90 Å². The average molecular weight is 369 g/mol. The van der Waals surface area contributed by atoms with Crippen molar-refractivity contribution >= 4 is 17.5 Å². The van der Waals surface area contributed by atoms with E-state index in [1.54, 1.807) is 11.8 Å². The van der Waals surface area contributed by atoms with Gasteiger partial charge in [0.05, 0.1) is 6.42 Å². The van der Waals surface area contributed by atoms with Crippen LogP contribution >= 0.6 is 11.8 Å². The van der Waals surface area contributed by atoms with E-state index in [2.05, 4.69) is 26.0 Å². The van der Waals surface area contributed by atoms with Gasteiger partial charge in [0, 0.05) is 5.25 Å². The number of carbonyl (C=O) groups is 1. The van der Waals surface area contributed by atoms with Crippen LogP contribution in [0.1, 0.15) is 62.3 Å². The summed E-state index contributed by atoms with van der Waals surface area (Å²) < 4.78 is 0. The summed E-state index contributed by atoms with van der Waals surface area (Å²) in [6.45, 7) is 4.27. The third kappa shape index (κ3) is 4.05. The van der Waals surface area contributed by atoms with Gasteiger partial charge in [0.2, 0.25) is 0 Å². The Balaban J connectivity index is 1.83. The van der Waals surface area contributed by atoms with Crippen LogP contribution in [0.15, 0.2) is 60.2 Å². The highest BCUT2D eigenvalue weighted by Gasteiger charge is 2.44. The van der Waals surface area contributed by atoms with Crippen LogP contribution in [0.25, 0.3) is 0 Å². The van der Waals surface area contributed by atoms with Crippen molar-refractivity contribution in [2.45, 2.75) is 56.1 Å². The van der Waals surface area contributed by atoms with Crippen LogP contribution in [-0.2, 0) is 9.73 Å². The SMILES string of the molecule is CCCCC1SC(O)(CC(=O)C2=CC=CC=CCC2C)c2ccccc21. The van der Waals surface area contributed by atoms with E-state index in [-0.39, 0.29) is 23.4 Å². The van der Waals surface area contributed by atoms with E-state index >= 15 is 0 Å². The molecule has 26 heavy (non-hydrogen) atoms. The number of aliphatic hydroxyl groups is 1. The average Bonchev–Trinajstić information content (AvgIpc) is 2.89. The molecule has 3 rings (SSSR count). The van der Waals surface area contributed by atoms with Gasteiger partial charge in [0.25, 0.3) is 0 Å². The van der Waals surface area contributed by atoms with E-state index in [1.165, 1.54) is 5.56 Å². The minimum Gasteiger partial charge on any atom is -0.375 e. The molecule has 0 aromatic heterocycles. The van der Waals surface area contributed by atoms with Crippen LogP contribution < -0.4 is 0 Å². The number of rotatable bonds is 6. The fourth-order valence-electron chi connectivity index (χ4n) is 3.80. The molecule has 3 heteroatoms. The Morgan fingerprint density at radius 1 is 1.27 bits per heavy atom. The highest BCUT2D eigenvalue weighted by Crippen LogP contribution is 2.56. The Bertz CT molecular complexity index is 746. The van der Waals surface area contributed by atoms with Crippen molar-refractivity contribution in [1.29, 1.82) is 0 Å². The molecule has 0 fully saturated rings. The molecule has 0 saturated heterocycles. The maximum atomic E-state index is 13.1. The molecule has 1 aliphatic carbocycles. The van der Waals surface area contributed by atoms with E-state index < -0.39 is 4.93 Å². The van der Waals surface area contributed by atoms with Crippen LogP contribution in [0.2, 0.25) is 0 Å². The van der Waals surface area contributed by atoms with E-state index in [1.807, 2.05) is 42.5 Å². The van der Waals surface area contributed by atoms with Crippen molar-refractivity contribution in [1.82, 2.24) is 0 Å². The number of hydrogen-bond donors (Lipinski definition) is 1. The summed E-state index contributed by atoms with van der Waals surface area (Å²) in [6, 6.07) is 8.08.